The van der Waals surface area contributed by atoms with Crippen molar-refractivity contribution in [3.05, 3.63) is 0 Å². The second kappa shape index (κ2) is 3.09. The molecular weight excluding hydrogens is 232 g/mol. The first-order chi connectivity index (χ1) is 8.35. The Morgan fingerprint density at radius 2 is 1.50 bits per heavy atom. The minimum Gasteiger partial charge on any atom is -0.481 e. The van der Waals surface area contributed by atoms with Crippen molar-refractivity contribution in [2.45, 2.75) is 38.5 Å². The summed E-state index contributed by atoms with van der Waals surface area (Å²) in [4.78, 5) is 23.2. The van der Waals surface area contributed by atoms with Gasteiger partial charge in [0.1, 0.15) is 0 Å². The number of carbonyl (C=O) groups is 2. The molecule has 4 nitrogen and oxygen atoms in total. The van der Waals surface area contributed by atoms with Gasteiger partial charge in [0, 0.05) is 5.41 Å². The summed E-state index contributed by atoms with van der Waals surface area (Å²) in [5.41, 5.74) is -2.30. The van der Waals surface area contributed by atoms with E-state index in [0.717, 1.165) is 6.42 Å². The second-order valence-corrected chi connectivity index (χ2v) is 6.60. The Bertz CT molecular complexity index is 457. The predicted molar refractivity (Wildman–Crippen MR) is 62.6 cm³/mol. The third kappa shape index (κ3) is 1.22. The number of terminal acetylenes is 1. The van der Waals surface area contributed by atoms with Crippen LogP contribution in [0.15, 0.2) is 0 Å². The van der Waals surface area contributed by atoms with E-state index in [-0.39, 0.29) is 12.3 Å². The second-order valence-electron chi connectivity index (χ2n) is 6.60. The average Bonchev–Trinajstić information content (AvgIpc) is 2.27. The lowest BCUT2D eigenvalue weighted by Gasteiger charge is -2.62. The summed E-state index contributed by atoms with van der Waals surface area (Å²) >= 11 is 0. The van der Waals surface area contributed by atoms with Gasteiger partial charge >= 0.3 is 11.9 Å². The molecule has 4 fully saturated rings. The first kappa shape index (κ1) is 11.6. The van der Waals surface area contributed by atoms with Crippen molar-refractivity contribution < 1.29 is 19.8 Å². The normalized spacial score (nSPS) is 48.7. The highest BCUT2D eigenvalue weighted by atomic mass is 16.4. The summed E-state index contributed by atoms with van der Waals surface area (Å²) in [6.45, 7) is 0. The van der Waals surface area contributed by atoms with Crippen molar-refractivity contribution in [1.82, 2.24) is 0 Å². The van der Waals surface area contributed by atoms with Crippen LogP contribution in [0, 0.1) is 34.5 Å². The fourth-order valence-corrected chi connectivity index (χ4v) is 5.08. The van der Waals surface area contributed by atoms with Gasteiger partial charge in [-0.05, 0) is 44.4 Å². The Morgan fingerprint density at radius 1 is 1.00 bits per heavy atom. The minimum absolute atomic E-state index is 0.157. The number of hydrogen-bond donors (Lipinski definition) is 2. The van der Waals surface area contributed by atoms with Crippen molar-refractivity contribution in [1.29, 1.82) is 0 Å². The van der Waals surface area contributed by atoms with Crippen LogP contribution < -0.4 is 0 Å². The molecule has 18 heavy (non-hydrogen) atoms. The fraction of sp³-hybridized carbons (Fsp3) is 0.714. The molecule has 0 radical (unpaired) electrons. The summed E-state index contributed by atoms with van der Waals surface area (Å²) < 4.78 is 0. The van der Waals surface area contributed by atoms with E-state index in [0.29, 0.717) is 25.7 Å². The third-order valence-corrected chi connectivity index (χ3v) is 5.28. The maximum Gasteiger partial charge on any atom is 0.309 e. The van der Waals surface area contributed by atoms with Crippen LogP contribution in [0.4, 0.5) is 0 Å². The van der Waals surface area contributed by atoms with E-state index in [1.54, 1.807) is 0 Å². The highest BCUT2D eigenvalue weighted by Gasteiger charge is 2.68. The van der Waals surface area contributed by atoms with Crippen LogP contribution in [0.3, 0.4) is 0 Å². The van der Waals surface area contributed by atoms with Gasteiger partial charge < -0.3 is 10.2 Å². The van der Waals surface area contributed by atoms with Gasteiger partial charge in [0.2, 0.25) is 0 Å². The average molecular weight is 248 g/mol. The van der Waals surface area contributed by atoms with E-state index in [4.69, 9.17) is 6.42 Å². The lowest BCUT2D eigenvalue weighted by atomic mass is 9.39. The summed E-state index contributed by atoms with van der Waals surface area (Å²) in [7, 11) is 0. The maximum absolute atomic E-state index is 11.6. The molecule has 0 aromatic carbocycles. The van der Waals surface area contributed by atoms with E-state index in [1.165, 1.54) is 0 Å². The number of hydrogen-bond acceptors (Lipinski definition) is 2. The molecule has 0 amide bonds. The van der Waals surface area contributed by atoms with Crippen LogP contribution in [0.2, 0.25) is 0 Å². The number of aliphatic carboxylic acids is 2. The molecule has 4 bridgehead atoms. The van der Waals surface area contributed by atoms with E-state index in [9.17, 15) is 19.8 Å². The molecule has 96 valence electrons. The quantitative estimate of drug-likeness (QED) is 0.730. The molecule has 2 unspecified atom stereocenters. The van der Waals surface area contributed by atoms with E-state index in [1.807, 2.05) is 0 Å². The predicted octanol–water partition coefficient (Wildman–Crippen LogP) is 1.75. The molecule has 2 N–H and O–H groups in total. The SMILES string of the molecule is C#CC12CC3CC(C(=O)O)(C1)CC(C(=O)O)(C3)C2. The number of carboxylic acids is 2. The lowest BCUT2D eigenvalue weighted by Crippen LogP contribution is -2.61. The van der Waals surface area contributed by atoms with E-state index >= 15 is 0 Å². The molecule has 0 saturated heterocycles. The van der Waals surface area contributed by atoms with Crippen molar-refractivity contribution in [3.63, 3.8) is 0 Å². The Balaban J connectivity index is 2.13. The van der Waals surface area contributed by atoms with Gasteiger partial charge in [-0.2, -0.15) is 0 Å². The lowest BCUT2D eigenvalue weighted by molar-refractivity contribution is -0.194. The molecule has 0 aromatic heterocycles. The summed E-state index contributed by atoms with van der Waals surface area (Å²) in [5, 5.41) is 19.0. The van der Waals surface area contributed by atoms with Gasteiger partial charge in [-0.25, -0.2) is 0 Å². The van der Waals surface area contributed by atoms with Crippen LogP contribution in [0.25, 0.3) is 0 Å². The van der Waals surface area contributed by atoms with Crippen LogP contribution >= 0.6 is 0 Å². The van der Waals surface area contributed by atoms with Crippen LogP contribution in [-0.4, -0.2) is 22.2 Å². The topological polar surface area (TPSA) is 74.6 Å². The summed E-state index contributed by atoms with van der Waals surface area (Å²) in [6, 6.07) is 0. The molecule has 4 saturated carbocycles. The Labute approximate surface area is 105 Å². The van der Waals surface area contributed by atoms with Crippen molar-refractivity contribution >= 4 is 11.9 Å². The minimum atomic E-state index is -0.899. The molecule has 2 atom stereocenters. The first-order valence-electron chi connectivity index (χ1n) is 6.30. The zero-order chi connectivity index (χ0) is 13.2. The Morgan fingerprint density at radius 3 is 1.89 bits per heavy atom. The zero-order valence-corrected chi connectivity index (χ0v) is 10.1. The van der Waals surface area contributed by atoms with Gasteiger partial charge in [0.15, 0.2) is 0 Å². The fourth-order valence-electron chi connectivity index (χ4n) is 5.08. The largest absolute Gasteiger partial charge is 0.481 e. The molecule has 4 rings (SSSR count). The highest BCUT2D eigenvalue weighted by molar-refractivity contribution is 5.81. The van der Waals surface area contributed by atoms with Crippen LogP contribution in [0.5, 0.6) is 0 Å². The zero-order valence-electron chi connectivity index (χ0n) is 10.1. The molecule has 0 heterocycles. The number of rotatable bonds is 2. The van der Waals surface area contributed by atoms with E-state index in [2.05, 4.69) is 5.92 Å². The summed E-state index contributed by atoms with van der Waals surface area (Å²) in [5.74, 6) is 1.17. The Hall–Kier alpha value is -1.50. The highest BCUT2D eigenvalue weighted by Crippen LogP contribution is 2.69. The molecule has 4 aliphatic carbocycles. The molecule has 0 aromatic rings. The van der Waals surface area contributed by atoms with Gasteiger partial charge in [0.25, 0.3) is 0 Å². The molecule has 0 aliphatic heterocycles. The van der Waals surface area contributed by atoms with E-state index < -0.39 is 28.2 Å². The molecular formula is C14H16O4. The van der Waals surface area contributed by atoms with Gasteiger partial charge in [0.05, 0.1) is 10.8 Å². The number of carboxylic acid groups (broad SMARTS) is 2. The van der Waals surface area contributed by atoms with Crippen molar-refractivity contribution in [2.75, 3.05) is 0 Å². The van der Waals surface area contributed by atoms with Gasteiger partial charge in [-0.15, -0.1) is 6.42 Å². The van der Waals surface area contributed by atoms with Crippen LogP contribution in [0.1, 0.15) is 38.5 Å². The first-order valence-corrected chi connectivity index (χ1v) is 6.30. The van der Waals surface area contributed by atoms with Crippen molar-refractivity contribution in [2.24, 2.45) is 22.2 Å². The van der Waals surface area contributed by atoms with Crippen molar-refractivity contribution in [3.8, 4) is 12.3 Å². The van der Waals surface area contributed by atoms with Crippen LogP contribution in [-0.2, 0) is 9.59 Å². The smallest absolute Gasteiger partial charge is 0.309 e. The third-order valence-electron chi connectivity index (χ3n) is 5.28. The molecule has 4 aliphatic rings. The monoisotopic (exact) mass is 248 g/mol. The standard InChI is InChI=1S/C14H16O4/c1-2-12-3-9-4-13(6-12,10(15)16)8-14(5-9,7-12)11(17)18/h1,9H,3-8H2,(H,15,16)(H,17,18). The maximum atomic E-state index is 11.6. The molecule has 0 spiro atoms. The summed E-state index contributed by atoms with van der Waals surface area (Å²) in [6.07, 6.45) is 8.77. The van der Waals surface area contributed by atoms with Gasteiger partial charge in [-0.1, -0.05) is 5.92 Å². The molecule has 4 heteroatoms. The van der Waals surface area contributed by atoms with Gasteiger partial charge in [-0.3, -0.25) is 9.59 Å². The Kier molecular flexibility index (Phi) is 1.99.